The fourth-order valence-electron chi connectivity index (χ4n) is 3.00. The number of rotatable bonds is 8. The minimum Gasteiger partial charge on any atom is -0.508 e. The Morgan fingerprint density at radius 2 is 1.47 bits per heavy atom. The second-order valence-corrected chi connectivity index (χ2v) is 7.05. The lowest BCUT2D eigenvalue weighted by Gasteiger charge is -2.08. The first-order valence-electron chi connectivity index (χ1n) is 10.0. The summed E-state index contributed by atoms with van der Waals surface area (Å²) in [6, 6.07) is 21.4. The number of hydrogen-bond donors (Lipinski definition) is 2. The predicted octanol–water partition coefficient (Wildman–Crippen LogP) is 5.20. The van der Waals surface area contributed by atoms with Gasteiger partial charge in [-0.3, -0.25) is 4.79 Å². The van der Waals surface area contributed by atoms with Gasteiger partial charge < -0.3 is 15.2 Å². The van der Waals surface area contributed by atoms with Gasteiger partial charge in [-0.05, 0) is 65.9 Å². The zero-order valence-corrected chi connectivity index (χ0v) is 16.9. The zero-order valence-electron chi connectivity index (χ0n) is 16.9. The molecule has 0 unspecified atom stereocenters. The molecular weight excluding hydrogens is 378 g/mol. The number of ether oxygens (including phenoxy) is 1. The van der Waals surface area contributed by atoms with Crippen molar-refractivity contribution in [3.05, 3.63) is 83.9 Å². The highest BCUT2D eigenvalue weighted by atomic mass is 16.5. The van der Waals surface area contributed by atoms with E-state index in [9.17, 15) is 14.7 Å². The third kappa shape index (κ3) is 5.95. The second kappa shape index (κ2) is 10.3. The van der Waals surface area contributed by atoms with E-state index in [1.54, 1.807) is 48.5 Å². The third-order valence-corrected chi connectivity index (χ3v) is 4.71. The molecule has 0 bridgehead atoms. The Morgan fingerprint density at radius 1 is 0.867 bits per heavy atom. The summed E-state index contributed by atoms with van der Waals surface area (Å²) in [5.74, 6) is -0.743. The van der Waals surface area contributed by atoms with Crippen LogP contribution < -0.4 is 5.32 Å². The summed E-state index contributed by atoms with van der Waals surface area (Å²) in [5.41, 5.74) is 4.11. The summed E-state index contributed by atoms with van der Waals surface area (Å²) in [7, 11) is 0. The van der Waals surface area contributed by atoms with Crippen molar-refractivity contribution in [2.75, 3.05) is 11.9 Å². The van der Waals surface area contributed by atoms with Crippen molar-refractivity contribution in [2.24, 2.45) is 0 Å². The van der Waals surface area contributed by atoms with Gasteiger partial charge in [0.25, 0.3) is 5.91 Å². The van der Waals surface area contributed by atoms with Gasteiger partial charge in [-0.25, -0.2) is 4.79 Å². The number of carbonyl (C=O) groups is 2. The van der Waals surface area contributed by atoms with Crippen LogP contribution in [0, 0.1) is 0 Å². The Labute approximate surface area is 176 Å². The van der Waals surface area contributed by atoms with E-state index >= 15 is 0 Å². The number of benzene rings is 3. The zero-order chi connectivity index (χ0) is 21.3. The van der Waals surface area contributed by atoms with Crippen molar-refractivity contribution in [2.45, 2.75) is 26.2 Å². The van der Waals surface area contributed by atoms with Crippen molar-refractivity contribution in [3.63, 3.8) is 0 Å². The van der Waals surface area contributed by atoms with E-state index < -0.39 is 5.97 Å². The lowest BCUT2D eigenvalue weighted by molar-refractivity contribution is -0.119. The number of unbranched alkanes of at least 4 members (excludes halogenated alkanes) is 1. The number of amides is 1. The van der Waals surface area contributed by atoms with Gasteiger partial charge in [0.15, 0.2) is 6.61 Å². The first-order valence-corrected chi connectivity index (χ1v) is 10.0. The quantitative estimate of drug-likeness (QED) is 0.507. The lowest BCUT2D eigenvalue weighted by atomic mass is 10.0. The Bertz CT molecular complexity index is 977. The molecule has 0 atom stereocenters. The molecule has 3 aromatic rings. The van der Waals surface area contributed by atoms with Crippen LogP contribution in [0.1, 0.15) is 35.7 Å². The largest absolute Gasteiger partial charge is 0.508 e. The van der Waals surface area contributed by atoms with E-state index in [1.807, 2.05) is 24.3 Å². The van der Waals surface area contributed by atoms with Gasteiger partial charge in [0.05, 0.1) is 5.56 Å². The molecule has 5 heteroatoms. The Balaban J connectivity index is 1.49. The number of esters is 1. The molecule has 1 amide bonds. The van der Waals surface area contributed by atoms with Gasteiger partial charge in [0.2, 0.25) is 0 Å². The number of aromatic hydroxyl groups is 1. The molecule has 0 aliphatic heterocycles. The predicted molar refractivity (Wildman–Crippen MR) is 118 cm³/mol. The van der Waals surface area contributed by atoms with E-state index in [2.05, 4.69) is 12.2 Å². The molecule has 0 aliphatic rings. The van der Waals surface area contributed by atoms with Crippen molar-refractivity contribution in [1.82, 2.24) is 0 Å². The van der Waals surface area contributed by atoms with Crippen LogP contribution in [0.5, 0.6) is 5.75 Å². The number of hydrogen-bond acceptors (Lipinski definition) is 4. The Hall–Kier alpha value is -3.60. The van der Waals surface area contributed by atoms with E-state index in [-0.39, 0.29) is 18.3 Å². The van der Waals surface area contributed by atoms with Gasteiger partial charge in [-0.2, -0.15) is 0 Å². The summed E-state index contributed by atoms with van der Waals surface area (Å²) in [6.07, 6.45) is 3.30. The van der Waals surface area contributed by atoms with Crippen molar-refractivity contribution in [1.29, 1.82) is 0 Å². The first-order chi connectivity index (χ1) is 14.5. The average Bonchev–Trinajstić information content (AvgIpc) is 2.77. The number of aryl methyl sites for hydroxylation is 1. The topological polar surface area (TPSA) is 75.6 Å². The summed E-state index contributed by atoms with van der Waals surface area (Å²) in [6.45, 7) is 1.80. The van der Waals surface area contributed by atoms with Crippen LogP contribution >= 0.6 is 0 Å². The van der Waals surface area contributed by atoms with Crippen LogP contribution in [0.15, 0.2) is 72.8 Å². The highest BCUT2D eigenvalue weighted by molar-refractivity contribution is 5.95. The maximum absolute atomic E-state index is 12.2. The SMILES string of the molecule is CCCCc1ccc(NC(=O)COC(=O)c2ccc(-c3ccc(O)cc3)cc2)cc1. The molecule has 154 valence electrons. The number of phenols is 1. The molecule has 5 nitrogen and oxygen atoms in total. The Kier molecular flexibility index (Phi) is 7.22. The van der Waals surface area contributed by atoms with Crippen molar-refractivity contribution >= 4 is 17.6 Å². The molecule has 0 saturated heterocycles. The molecule has 30 heavy (non-hydrogen) atoms. The van der Waals surface area contributed by atoms with E-state index in [1.165, 1.54) is 5.56 Å². The van der Waals surface area contributed by atoms with Gasteiger partial charge in [0.1, 0.15) is 5.75 Å². The van der Waals surface area contributed by atoms with Crippen LogP contribution in [0.4, 0.5) is 5.69 Å². The fourth-order valence-corrected chi connectivity index (χ4v) is 3.00. The molecule has 0 aliphatic carbocycles. The van der Waals surface area contributed by atoms with Gasteiger partial charge in [0, 0.05) is 5.69 Å². The molecule has 2 N–H and O–H groups in total. The van der Waals surface area contributed by atoms with Crippen LogP contribution in [0.3, 0.4) is 0 Å². The number of nitrogens with one attached hydrogen (secondary N) is 1. The minimum absolute atomic E-state index is 0.199. The maximum atomic E-state index is 12.2. The first kappa shape index (κ1) is 21.1. The molecule has 0 radical (unpaired) electrons. The summed E-state index contributed by atoms with van der Waals surface area (Å²) >= 11 is 0. The number of anilines is 1. The van der Waals surface area contributed by atoms with Gasteiger partial charge >= 0.3 is 5.97 Å². The van der Waals surface area contributed by atoms with Gasteiger partial charge in [-0.15, -0.1) is 0 Å². The van der Waals surface area contributed by atoms with E-state index in [0.717, 1.165) is 30.4 Å². The highest BCUT2D eigenvalue weighted by Crippen LogP contribution is 2.22. The molecule has 0 spiro atoms. The minimum atomic E-state index is -0.558. The monoisotopic (exact) mass is 403 g/mol. The number of phenolic OH excluding ortho intramolecular Hbond substituents is 1. The molecule has 3 rings (SSSR count). The molecule has 3 aromatic carbocycles. The molecule has 0 aromatic heterocycles. The summed E-state index contributed by atoms with van der Waals surface area (Å²) in [4.78, 5) is 24.3. The lowest BCUT2D eigenvalue weighted by Crippen LogP contribution is -2.20. The van der Waals surface area contributed by atoms with Crippen LogP contribution in [0.25, 0.3) is 11.1 Å². The van der Waals surface area contributed by atoms with Crippen LogP contribution in [-0.4, -0.2) is 23.6 Å². The fraction of sp³-hybridized carbons (Fsp3) is 0.200. The smallest absolute Gasteiger partial charge is 0.338 e. The van der Waals surface area contributed by atoms with Gasteiger partial charge in [-0.1, -0.05) is 49.7 Å². The number of carbonyl (C=O) groups excluding carboxylic acids is 2. The standard InChI is InChI=1S/C25H25NO4/c1-2-3-4-18-5-13-22(14-6-18)26-24(28)17-30-25(29)21-9-7-19(8-10-21)20-11-15-23(27)16-12-20/h5-16,27H,2-4,17H2,1H3,(H,26,28). The average molecular weight is 403 g/mol. The van der Waals surface area contributed by atoms with E-state index in [0.29, 0.717) is 11.3 Å². The third-order valence-electron chi connectivity index (χ3n) is 4.71. The molecule has 0 saturated carbocycles. The van der Waals surface area contributed by atoms with Crippen molar-refractivity contribution in [3.8, 4) is 16.9 Å². The summed E-state index contributed by atoms with van der Waals surface area (Å²) < 4.78 is 5.12. The summed E-state index contributed by atoms with van der Waals surface area (Å²) in [5, 5.41) is 12.1. The highest BCUT2D eigenvalue weighted by Gasteiger charge is 2.11. The van der Waals surface area contributed by atoms with Crippen LogP contribution in [-0.2, 0) is 16.0 Å². The molecular formula is C25H25NO4. The second-order valence-electron chi connectivity index (χ2n) is 7.05. The molecule has 0 fully saturated rings. The van der Waals surface area contributed by atoms with Crippen molar-refractivity contribution < 1.29 is 19.4 Å². The molecule has 0 heterocycles. The normalized spacial score (nSPS) is 10.4. The Morgan fingerprint density at radius 3 is 2.07 bits per heavy atom. The maximum Gasteiger partial charge on any atom is 0.338 e. The van der Waals surface area contributed by atoms with Crippen LogP contribution in [0.2, 0.25) is 0 Å². The van der Waals surface area contributed by atoms with E-state index in [4.69, 9.17) is 4.74 Å².